The van der Waals surface area contributed by atoms with Crippen molar-refractivity contribution in [1.82, 2.24) is 0 Å². The lowest BCUT2D eigenvalue weighted by atomic mass is 9.90. The van der Waals surface area contributed by atoms with Crippen LogP contribution in [0.3, 0.4) is 0 Å². The predicted molar refractivity (Wildman–Crippen MR) is 145 cm³/mol. The minimum atomic E-state index is -0.842. The molecule has 0 aromatic carbocycles. The van der Waals surface area contributed by atoms with Gasteiger partial charge in [0.05, 0.1) is 31.8 Å². The summed E-state index contributed by atoms with van der Waals surface area (Å²) in [7, 11) is 0. The topological polar surface area (TPSA) is 90.9 Å². The Bertz CT molecular complexity index is 673. The highest BCUT2D eigenvalue weighted by Crippen LogP contribution is 2.30. The van der Waals surface area contributed by atoms with E-state index in [1.807, 2.05) is 20.8 Å². The van der Waals surface area contributed by atoms with Gasteiger partial charge in [0.25, 0.3) is 0 Å². The maximum atomic E-state index is 13.2. The second kappa shape index (κ2) is 15.3. The minimum absolute atomic E-state index is 0.00593. The van der Waals surface area contributed by atoms with E-state index in [-0.39, 0.29) is 49.2 Å². The van der Waals surface area contributed by atoms with Crippen molar-refractivity contribution in [3.63, 3.8) is 0 Å². The van der Waals surface area contributed by atoms with Gasteiger partial charge < -0.3 is 37.9 Å². The van der Waals surface area contributed by atoms with Crippen molar-refractivity contribution in [3.8, 4) is 0 Å². The van der Waals surface area contributed by atoms with Crippen LogP contribution in [0.5, 0.6) is 0 Å². The molecule has 226 valence electrons. The van der Waals surface area contributed by atoms with E-state index in [1.165, 1.54) is 0 Å². The van der Waals surface area contributed by atoms with Crippen LogP contribution in [0, 0.1) is 21.7 Å². The molecule has 0 aromatic heterocycles. The van der Waals surface area contributed by atoms with Gasteiger partial charge in [0.2, 0.25) is 0 Å². The standard InChI is InChI=1S/C29H56O9/c1-13-29(11,12)25(30)38-22-21(35-18-31-15-26(2,3)4)14-34-24(37-20-33-17-28(8,9)10)23(22)36-19-32-16-27(5,6)7/h21-24H,13-20H2,1-12H3. The molecule has 1 fully saturated rings. The Morgan fingerprint density at radius 1 is 0.684 bits per heavy atom. The first-order valence-corrected chi connectivity index (χ1v) is 13.8. The van der Waals surface area contributed by atoms with E-state index in [2.05, 4.69) is 62.3 Å². The van der Waals surface area contributed by atoms with E-state index < -0.39 is 30.0 Å². The average molecular weight is 549 g/mol. The number of rotatable bonds is 15. The third-order valence-corrected chi connectivity index (χ3v) is 5.69. The molecule has 0 spiro atoms. The van der Waals surface area contributed by atoms with Crippen LogP contribution in [0.15, 0.2) is 0 Å². The lowest BCUT2D eigenvalue weighted by Gasteiger charge is -2.42. The first kappa shape index (κ1) is 35.2. The third-order valence-electron chi connectivity index (χ3n) is 5.69. The van der Waals surface area contributed by atoms with Gasteiger partial charge in [-0.05, 0) is 36.5 Å². The molecule has 4 unspecified atom stereocenters. The molecule has 1 heterocycles. The fourth-order valence-electron chi connectivity index (χ4n) is 3.20. The average Bonchev–Trinajstić information content (AvgIpc) is 2.77. The molecule has 9 heteroatoms. The van der Waals surface area contributed by atoms with Gasteiger partial charge >= 0.3 is 5.97 Å². The Hall–Kier alpha value is -0.810. The highest BCUT2D eigenvalue weighted by Gasteiger charge is 2.47. The number of carbonyl (C=O) groups is 1. The molecule has 0 aromatic rings. The van der Waals surface area contributed by atoms with Gasteiger partial charge in [0.1, 0.15) is 26.5 Å². The summed E-state index contributed by atoms with van der Waals surface area (Å²) in [5.41, 5.74) is -0.726. The zero-order valence-electron chi connectivity index (χ0n) is 26.1. The van der Waals surface area contributed by atoms with Crippen molar-refractivity contribution >= 4 is 5.97 Å². The second-order valence-corrected chi connectivity index (χ2v) is 14.4. The summed E-state index contributed by atoms with van der Waals surface area (Å²) < 4.78 is 47.3. The highest BCUT2D eigenvalue weighted by atomic mass is 16.8. The first-order valence-electron chi connectivity index (χ1n) is 13.8. The molecule has 1 aliphatic heterocycles. The number of hydrogen-bond donors (Lipinski definition) is 0. The van der Waals surface area contributed by atoms with Crippen LogP contribution in [0.4, 0.5) is 0 Å². The van der Waals surface area contributed by atoms with Crippen molar-refractivity contribution in [2.24, 2.45) is 21.7 Å². The molecule has 0 N–H and O–H groups in total. The molecule has 4 atom stereocenters. The van der Waals surface area contributed by atoms with Crippen molar-refractivity contribution in [2.45, 2.75) is 114 Å². The van der Waals surface area contributed by atoms with Crippen molar-refractivity contribution in [3.05, 3.63) is 0 Å². The molecule has 38 heavy (non-hydrogen) atoms. The van der Waals surface area contributed by atoms with E-state index in [0.29, 0.717) is 26.2 Å². The number of carbonyl (C=O) groups excluding carboxylic acids is 1. The summed E-state index contributed by atoms with van der Waals surface area (Å²) in [5, 5.41) is 0. The molecule has 0 bridgehead atoms. The Morgan fingerprint density at radius 3 is 1.58 bits per heavy atom. The van der Waals surface area contributed by atoms with Crippen LogP contribution < -0.4 is 0 Å². The zero-order chi connectivity index (χ0) is 29.2. The normalized spacial score (nSPS) is 23.5. The fraction of sp³-hybridized carbons (Fsp3) is 0.966. The summed E-state index contributed by atoms with van der Waals surface area (Å²) in [5.74, 6) is -0.344. The number of ether oxygens (including phenoxy) is 8. The fourth-order valence-corrected chi connectivity index (χ4v) is 3.20. The first-order chi connectivity index (χ1) is 17.3. The maximum absolute atomic E-state index is 13.2. The van der Waals surface area contributed by atoms with Gasteiger partial charge in [-0.3, -0.25) is 4.79 Å². The molecule has 1 saturated heterocycles. The zero-order valence-corrected chi connectivity index (χ0v) is 26.1. The Labute approximate surface area is 231 Å². The van der Waals surface area contributed by atoms with Crippen LogP contribution in [0.25, 0.3) is 0 Å². The van der Waals surface area contributed by atoms with Gasteiger partial charge in [-0.1, -0.05) is 69.2 Å². The van der Waals surface area contributed by atoms with Gasteiger partial charge in [-0.15, -0.1) is 0 Å². The minimum Gasteiger partial charge on any atom is -0.456 e. The summed E-state index contributed by atoms with van der Waals surface area (Å²) in [6.07, 6.45) is -2.44. The molecular weight excluding hydrogens is 492 g/mol. The van der Waals surface area contributed by atoms with Crippen molar-refractivity contribution in [2.75, 3.05) is 46.8 Å². The monoisotopic (exact) mass is 548 g/mol. The van der Waals surface area contributed by atoms with Crippen LogP contribution in [-0.2, 0) is 42.7 Å². The van der Waals surface area contributed by atoms with E-state index in [0.717, 1.165) is 0 Å². The largest absolute Gasteiger partial charge is 0.456 e. The van der Waals surface area contributed by atoms with Crippen LogP contribution in [-0.4, -0.2) is 77.4 Å². The van der Waals surface area contributed by atoms with E-state index in [1.54, 1.807) is 0 Å². The summed E-state index contributed by atoms with van der Waals surface area (Å²) in [4.78, 5) is 13.2. The lowest BCUT2D eigenvalue weighted by Crippen LogP contribution is -2.58. The lowest BCUT2D eigenvalue weighted by molar-refractivity contribution is -0.323. The van der Waals surface area contributed by atoms with Gasteiger partial charge in [0, 0.05) is 0 Å². The quantitative estimate of drug-likeness (QED) is 0.149. The molecule has 0 aliphatic carbocycles. The van der Waals surface area contributed by atoms with E-state index in [9.17, 15) is 4.79 Å². The molecule has 1 aliphatic rings. The Morgan fingerprint density at radius 2 is 1.13 bits per heavy atom. The predicted octanol–water partition coefficient (Wildman–Crippen LogP) is 5.54. The summed E-state index contributed by atoms with van der Waals surface area (Å²) in [6, 6.07) is 0. The number of hydrogen-bond acceptors (Lipinski definition) is 9. The summed E-state index contributed by atoms with van der Waals surface area (Å²) in [6.45, 7) is 26.1. The Balaban J connectivity index is 3.06. The SMILES string of the molecule is CCC(C)(C)C(=O)OC1C(OCOCC(C)(C)C)COC(OCOCC(C)(C)C)C1OCOCC(C)(C)C. The van der Waals surface area contributed by atoms with Crippen LogP contribution >= 0.6 is 0 Å². The molecular formula is C29H56O9. The second-order valence-electron chi connectivity index (χ2n) is 14.4. The molecule has 0 radical (unpaired) electrons. The van der Waals surface area contributed by atoms with Crippen LogP contribution in [0.2, 0.25) is 0 Å². The molecule has 0 saturated carbocycles. The highest BCUT2D eigenvalue weighted by molar-refractivity contribution is 5.76. The smallest absolute Gasteiger partial charge is 0.311 e. The van der Waals surface area contributed by atoms with Gasteiger partial charge in [0.15, 0.2) is 18.5 Å². The van der Waals surface area contributed by atoms with Gasteiger partial charge in [-0.25, -0.2) is 0 Å². The van der Waals surface area contributed by atoms with Crippen molar-refractivity contribution < 1.29 is 42.7 Å². The van der Waals surface area contributed by atoms with E-state index >= 15 is 0 Å². The van der Waals surface area contributed by atoms with Gasteiger partial charge in [-0.2, -0.15) is 0 Å². The molecule has 9 nitrogen and oxygen atoms in total. The molecule has 0 amide bonds. The van der Waals surface area contributed by atoms with Crippen LogP contribution in [0.1, 0.15) is 89.5 Å². The Kier molecular flexibility index (Phi) is 14.1. The summed E-state index contributed by atoms with van der Waals surface area (Å²) >= 11 is 0. The number of esters is 1. The molecule has 1 rings (SSSR count). The third kappa shape index (κ3) is 14.5. The maximum Gasteiger partial charge on any atom is 0.311 e. The van der Waals surface area contributed by atoms with E-state index in [4.69, 9.17) is 37.9 Å². The van der Waals surface area contributed by atoms with Crippen molar-refractivity contribution in [1.29, 1.82) is 0 Å².